The molecule has 0 radical (unpaired) electrons. The Balaban J connectivity index is 0.00000256. The van der Waals surface area contributed by atoms with Gasteiger partial charge in [0.2, 0.25) is 5.88 Å². The molecule has 0 amide bonds. The molecule has 1 N–H and O–H groups in total. The fraction of sp³-hybridized carbons (Fsp3) is 0.478. The van der Waals surface area contributed by atoms with Crippen molar-refractivity contribution in [1.82, 2.24) is 15.2 Å². The third-order valence-electron chi connectivity index (χ3n) is 5.70. The zero-order valence-electron chi connectivity index (χ0n) is 17.7. The van der Waals surface area contributed by atoms with Crippen LogP contribution in [0.25, 0.3) is 0 Å². The predicted molar refractivity (Wildman–Crippen MR) is 130 cm³/mol. The van der Waals surface area contributed by atoms with E-state index in [-0.39, 0.29) is 24.0 Å². The Morgan fingerprint density at radius 1 is 1.20 bits per heavy atom. The van der Waals surface area contributed by atoms with E-state index in [1.54, 1.807) is 7.11 Å². The van der Waals surface area contributed by atoms with Gasteiger partial charge < -0.3 is 19.7 Å². The Morgan fingerprint density at radius 2 is 2.00 bits per heavy atom. The Hall–Kier alpha value is -2.03. The first-order valence-corrected chi connectivity index (χ1v) is 10.4. The van der Waals surface area contributed by atoms with Crippen LogP contribution in [0.1, 0.15) is 36.3 Å². The maximum absolute atomic E-state index is 5.79. The number of likely N-dealkylation sites (tertiary alicyclic amines) is 1. The Bertz CT molecular complexity index is 839. The van der Waals surface area contributed by atoms with Crippen molar-refractivity contribution in [3.8, 4) is 11.6 Å². The number of aliphatic imine (C=N–C) groups is 1. The number of nitrogens with one attached hydrogen (secondary N) is 1. The van der Waals surface area contributed by atoms with Gasteiger partial charge in [0.15, 0.2) is 5.96 Å². The average Bonchev–Trinajstić information content (AvgIpc) is 3.48. The van der Waals surface area contributed by atoms with Gasteiger partial charge in [-0.2, -0.15) is 0 Å². The number of methoxy groups -OCH3 is 1. The Morgan fingerprint density at radius 3 is 2.70 bits per heavy atom. The molecule has 1 aromatic heterocycles. The van der Waals surface area contributed by atoms with E-state index in [1.165, 1.54) is 18.4 Å². The molecule has 7 heteroatoms. The van der Waals surface area contributed by atoms with Crippen molar-refractivity contribution in [3.05, 3.63) is 53.7 Å². The molecule has 1 unspecified atom stereocenters. The van der Waals surface area contributed by atoms with Crippen molar-refractivity contribution < 1.29 is 9.47 Å². The first kappa shape index (κ1) is 22.7. The van der Waals surface area contributed by atoms with Crippen LogP contribution in [0.2, 0.25) is 0 Å². The van der Waals surface area contributed by atoms with Gasteiger partial charge in [0.1, 0.15) is 5.75 Å². The van der Waals surface area contributed by atoms with Gasteiger partial charge in [0.05, 0.1) is 13.7 Å². The number of aromatic nitrogens is 1. The maximum Gasteiger partial charge on any atom is 0.213 e. The molecule has 1 atom stereocenters. The van der Waals surface area contributed by atoms with E-state index in [0.717, 1.165) is 49.3 Å². The van der Waals surface area contributed by atoms with E-state index < -0.39 is 0 Å². The first-order chi connectivity index (χ1) is 14.2. The zero-order valence-corrected chi connectivity index (χ0v) is 20.0. The van der Waals surface area contributed by atoms with Crippen molar-refractivity contribution in [2.75, 3.05) is 33.9 Å². The van der Waals surface area contributed by atoms with Crippen LogP contribution in [0, 0.1) is 5.92 Å². The van der Waals surface area contributed by atoms with Crippen LogP contribution < -0.4 is 14.8 Å². The molecule has 2 aliphatic rings. The lowest BCUT2D eigenvalue weighted by Gasteiger charge is -2.22. The monoisotopic (exact) mass is 522 g/mol. The number of halogens is 1. The smallest absolute Gasteiger partial charge is 0.213 e. The number of ether oxygens (including phenoxy) is 2. The second kappa shape index (κ2) is 10.8. The normalized spacial score (nSPS) is 18.7. The van der Waals surface area contributed by atoms with Gasteiger partial charge in [0, 0.05) is 44.9 Å². The molecule has 1 aromatic carbocycles. The number of pyridine rings is 1. The third-order valence-corrected chi connectivity index (χ3v) is 5.70. The van der Waals surface area contributed by atoms with E-state index in [0.29, 0.717) is 18.3 Å². The van der Waals surface area contributed by atoms with Crippen molar-refractivity contribution in [2.24, 2.45) is 10.9 Å². The molecule has 1 saturated heterocycles. The highest BCUT2D eigenvalue weighted by Crippen LogP contribution is 2.30. The highest BCUT2D eigenvalue weighted by molar-refractivity contribution is 14.0. The summed E-state index contributed by atoms with van der Waals surface area (Å²) in [5.74, 6) is 3.80. The molecular formula is C23H31IN4O2. The molecule has 0 spiro atoms. The summed E-state index contributed by atoms with van der Waals surface area (Å²) >= 11 is 0. The summed E-state index contributed by atoms with van der Waals surface area (Å²) in [5, 5.41) is 3.49. The maximum atomic E-state index is 5.79. The molecule has 162 valence electrons. The lowest BCUT2D eigenvalue weighted by atomic mass is 9.98. The number of hydrogen-bond acceptors (Lipinski definition) is 4. The van der Waals surface area contributed by atoms with Gasteiger partial charge in [-0.1, -0.05) is 12.1 Å². The van der Waals surface area contributed by atoms with Crippen LogP contribution in [0.5, 0.6) is 11.6 Å². The fourth-order valence-corrected chi connectivity index (χ4v) is 3.74. The molecule has 1 saturated carbocycles. The molecule has 2 fully saturated rings. The number of rotatable bonds is 7. The van der Waals surface area contributed by atoms with Crippen molar-refractivity contribution in [3.63, 3.8) is 0 Å². The van der Waals surface area contributed by atoms with Crippen LogP contribution in [-0.2, 0) is 6.54 Å². The minimum Gasteiger partial charge on any atom is -0.497 e. The zero-order chi connectivity index (χ0) is 20.1. The van der Waals surface area contributed by atoms with E-state index in [1.807, 2.05) is 37.5 Å². The summed E-state index contributed by atoms with van der Waals surface area (Å²) in [6.07, 6.45) is 5.51. The summed E-state index contributed by atoms with van der Waals surface area (Å²) in [7, 11) is 3.55. The van der Waals surface area contributed by atoms with Crippen LogP contribution in [0.3, 0.4) is 0 Å². The van der Waals surface area contributed by atoms with Gasteiger partial charge in [-0.15, -0.1) is 24.0 Å². The lowest BCUT2D eigenvalue weighted by Crippen LogP contribution is -2.39. The van der Waals surface area contributed by atoms with E-state index in [4.69, 9.17) is 9.47 Å². The standard InChI is InChI=1S/C23H30N4O2.HI/c1-24-23(26-14-18-9-11-25-22(13-18)29-16-17-3-4-17)27-12-10-20(15-27)19-5-7-21(28-2)8-6-19;/h5-9,11,13,17,20H,3-4,10,12,14-16H2,1-2H3,(H,24,26);1H. The molecule has 2 aromatic rings. The molecule has 1 aliphatic heterocycles. The number of nitrogens with zero attached hydrogens (tertiary/aromatic N) is 3. The van der Waals surface area contributed by atoms with Gasteiger partial charge in [-0.25, -0.2) is 4.98 Å². The highest BCUT2D eigenvalue weighted by atomic mass is 127. The molecule has 6 nitrogen and oxygen atoms in total. The van der Waals surface area contributed by atoms with E-state index in [9.17, 15) is 0 Å². The molecule has 0 bridgehead atoms. The van der Waals surface area contributed by atoms with Crippen LogP contribution >= 0.6 is 24.0 Å². The van der Waals surface area contributed by atoms with Gasteiger partial charge >= 0.3 is 0 Å². The second-order valence-corrected chi connectivity index (χ2v) is 7.86. The predicted octanol–water partition coefficient (Wildman–Crippen LogP) is 4.06. The molecular weight excluding hydrogens is 491 g/mol. The fourth-order valence-electron chi connectivity index (χ4n) is 3.74. The quantitative estimate of drug-likeness (QED) is 0.338. The lowest BCUT2D eigenvalue weighted by molar-refractivity contribution is 0.288. The minimum atomic E-state index is 0. The largest absolute Gasteiger partial charge is 0.497 e. The second-order valence-electron chi connectivity index (χ2n) is 7.86. The van der Waals surface area contributed by atoms with Crippen molar-refractivity contribution in [2.45, 2.75) is 31.7 Å². The molecule has 4 rings (SSSR count). The van der Waals surface area contributed by atoms with Crippen LogP contribution in [0.15, 0.2) is 47.6 Å². The number of hydrogen-bond donors (Lipinski definition) is 1. The summed E-state index contributed by atoms with van der Waals surface area (Å²) in [5.41, 5.74) is 2.51. The molecule has 30 heavy (non-hydrogen) atoms. The van der Waals surface area contributed by atoms with E-state index in [2.05, 4.69) is 32.3 Å². The SMILES string of the molecule is CN=C(NCc1ccnc(OCC2CC2)c1)N1CCC(c2ccc(OC)cc2)C1.I. The first-order valence-electron chi connectivity index (χ1n) is 10.4. The number of benzene rings is 1. The third kappa shape index (κ3) is 6.00. The average molecular weight is 522 g/mol. The van der Waals surface area contributed by atoms with Gasteiger partial charge in [-0.3, -0.25) is 4.99 Å². The van der Waals surface area contributed by atoms with Gasteiger partial charge in [-0.05, 0) is 54.5 Å². The van der Waals surface area contributed by atoms with Crippen LogP contribution in [-0.4, -0.2) is 49.7 Å². The molecule has 1 aliphatic carbocycles. The van der Waals surface area contributed by atoms with Crippen molar-refractivity contribution in [1.29, 1.82) is 0 Å². The minimum absolute atomic E-state index is 0. The Labute approximate surface area is 196 Å². The van der Waals surface area contributed by atoms with Crippen molar-refractivity contribution >= 4 is 29.9 Å². The number of guanidine groups is 1. The van der Waals surface area contributed by atoms with Gasteiger partial charge in [0.25, 0.3) is 0 Å². The summed E-state index contributed by atoms with van der Waals surface area (Å²) < 4.78 is 11.1. The summed E-state index contributed by atoms with van der Waals surface area (Å²) in [6, 6.07) is 12.5. The molecule has 2 heterocycles. The summed E-state index contributed by atoms with van der Waals surface area (Å²) in [6.45, 7) is 3.46. The van der Waals surface area contributed by atoms with E-state index >= 15 is 0 Å². The topological polar surface area (TPSA) is 59.0 Å². The highest BCUT2D eigenvalue weighted by Gasteiger charge is 2.26. The van der Waals surface area contributed by atoms with Crippen LogP contribution in [0.4, 0.5) is 0 Å². The Kier molecular flexibility index (Phi) is 8.18. The summed E-state index contributed by atoms with van der Waals surface area (Å²) in [4.78, 5) is 11.1.